The van der Waals surface area contributed by atoms with Crippen LogP contribution in [-0.2, 0) is 4.74 Å². The highest BCUT2D eigenvalue weighted by Crippen LogP contribution is 2.28. The largest absolute Gasteiger partial charge is 0.462 e. The Hall–Kier alpha value is -2.19. The lowest BCUT2D eigenvalue weighted by Crippen LogP contribution is -2.09. The van der Waals surface area contributed by atoms with E-state index in [-0.39, 0.29) is 11.9 Å². The van der Waals surface area contributed by atoms with Gasteiger partial charge in [0.15, 0.2) is 4.96 Å². The van der Waals surface area contributed by atoms with E-state index in [9.17, 15) is 9.59 Å². The number of carbonyl (C=O) groups excluding carboxylic acids is 2. The molecule has 1 N–H and O–H groups in total. The first-order valence-electron chi connectivity index (χ1n) is 6.60. The summed E-state index contributed by atoms with van der Waals surface area (Å²) in [5.74, 6) is -0.577. The maximum atomic E-state index is 12.2. The molecular formula is C14H13N3O3S2. The molecule has 0 fully saturated rings. The quantitative estimate of drug-likeness (QED) is 0.743. The molecule has 22 heavy (non-hydrogen) atoms. The minimum atomic E-state index is -0.361. The van der Waals surface area contributed by atoms with Crippen LogP contribution in [0.2, 0.25) is 0 Å². The lowest BCUT2D eigenvalue weighted by atomic mass is 10.3. The molecule has 1 amide bonds. The molecule has 0 aromatic carbocycles. The average molecular weight is 335 g/mol. The Balaban J connectivity index is 1.78. The molecule has 0 atom stereocenters. The molecule has 0 aliphatic carbocycles. The highest BCUT2D eigenvalue weighted by molar-refractivity contribution is 7.19. The zero-order valence-electron chi connectivity index (χ0n) is 12.0. The third-order valence-corrected chi connectivity index (χ3v) is 5.07. The second-order valence-corrected chi connectivity index (χ2v) is 6.57. The molecule has 0 bridgehead atoms. The number of thiophene rings is 1. The maximum Gasteiger partial charge on any atom is 0.348 e. The number of rotatable bonds is 4. The van der Waals surface area contributed by atoms with Crippen LogP contribution < -0.4 is 5.32 Å². The standard InChI is InChI=1S/C14H13N3O3S2/c1-3-20-13(19)11-8(2)6-10(22-11)16-12(18)9-7-17-5-4-15-14(17)21-9/h4-7H,3H2,1-2H3,(H,16,18). The fourth-order valence-corrected chi connectivity index (χ4v) is 3.75. The summed E-state index contributed by atoms with van der Waals surface area (Å²) in [6, 6.07) is 1.77. The third kappa shape index (κ3) is 2.75. The van der Waals surface area contributed by atoms with Crippen LogP contribution in [-0.4, -0.2) is 27.9 Å². The van der Waals surface area contributed by atoms with Crippen molar-refractivity contribution in [1.29, 1.82) is 0 Å². The number of nitrogens with one attached hydrogen (secondary N) is 1. The van der Waals surface area contributed by atoms with Crippen molar-refractivity contribution in [2.45, 2.75) is 13.8 Å². The van der Waals surface area contributed by atoms with E-state index in [1.807, 2.05) is 6.92 Å². The van der Waals surface area contributed by atoms with E-state index in [1.165, 1.54) is 22.7 Å². The van der Waals surface area contributed by atoms with Crippen LogP contribution in [0.3, 0.4) is 0 Å². The zero-order valence-corrected chi connectivity index (χ0v) is 13.6. The topological polar surface area (TPSA) is 72.7 Å². The maximum absolute atomic E-state index is 12.2. The molecule has 0 saturated heterocycles. The van der Waals surface area contributed by atoms with Crippen molar-refractivity contribution in [2.75, 3.05) is 11.9 Å². The van der Waals surface area contributed by atoms with Gasteiger partial charge in [0, 0.05) is 18.6 Å². The fourth-order valence-electron chi connectivity index (χ4n) is 1.95. The number of aryl methyl sites for hydroxylation is 1. The summed E-state index contributed by atoms with van der Waals surface area (Å²) in [4.78, 5) is 30.0. The van der Waals surface area contributed by atoms with Crippen molar-refractivity contribution in [3.05, 3.63) is 40.0 Å². The number of carbonyl (C=O) groups is 2. The number of aromatic nitrogens is 2. The van der Waals surface area contributed by atoms with Gasteiger partial charge in [-0.25, -0.2) is 9.78 Å². The number of fused-ring (bicyclic) bond motifs is 1. The van der Waals surface area contributed by atoms with Gasteiger partial charge in [0.25, 0.3) is 5.91 Å². The zero-order chi connectivity index (χ0) is 15.7. The van der Waals surface area contributed by atoms with Crippen LogP contribution >= 0.6 is 22.7 Å². The van der Waals surface area contributed by atoms with E-state index in [2.05, 4.69) is 10.3 Å². The Morgan fingerprint density at radius 2 is 2.23 bits per heavy atom. The van der Waals surface area contributed by atoms with Gasteiger partial charge in [-0.15, -0.1) is 11.3 Å². The predicted molar refractivity (Wildman–Crippen MR) is 86.0 cm³/mol. The van der Waals surface area contributed by atoms with E-state index < -0.39 is 0 Å². The van der Waals surface area contributed by atoms with Gasteiger partial charge in [-0.2, -0.15) is 0 Å². The molecule has 3 rings (SSSR count). The van der Waals surface area contributed by atoms with Crippen LogP contribution in [0.15, 0.2) is 24.7 Å². The molecule has 3 aromatic heterocycles. The van der Waals surface area contributed by atoms with E-state index in [4.69, 9.17) is 4.74 Å². The Labute approximate surface area is 134 Å². The molecule has 3 aromatic rings. The number of thiazole rings is 1. The van der Waals surface area contributed by atoms with Crippen molar-refractivity contribution in [3.63, 3.8) is 0 Å². The van der Waals surface area contributed by atoms with Crippen molar-refractivity contribution in [1.82, 2.24) is 9.38 Å². The van der Waals surface area contributed by atoms with Crippen molar-refractivity contribution < 1.29 is 14.3 Å². The molecule has 0 aliphatic rings. The van der Waals surface area contributed by atoms with Gasteiger partial charge in [0.05, 0.1) is 11.6 Å². The number of nitrogens with zero attached hydrogens (tertiary/aromatic N) is 2. The summed E-state index contributed by atoms with van der Waals surface area (Å²) in [6.45, 7) is 3.90. The molecule has 0 spiro atoms. The summed E-state index contributed by atoms with van der Waals surface area (Å²) in [5, 5.41) is 3.43. The summed E-state index contributed by atoms with van der Waals surface area (Å²) < 4.78 is 6.79. The van der Waals surface area contributed by atoms with Crippen LogP contribution in [0.5, 0.6) is 0 Å². The summed E-state index contributed by atoms with van der Waals surface area (Å²) >= 11 is 2.52. The number of ether oxygens (including phenoxy) is 1. The highest BCUT2D eigenvalue weighted by Gasteiger charge is 2.17. The Morgan fingerprint density at radius 1 is 1.41 bits per heavy atom. The van der Waals surface area contributed by atoms with Gasteiger partial charge in [-0.05, 0) is 25.5 Å². The van der Waals surface area contributed by atoms with Gasteiger partial charge in [0.2, 0.25) is 0 Å². The van der Waals surface area contributed by atoms with Crippen molar-refractivity contribution in [3.8, 4) is 0 Å². The lowest BCUT2D eigenvalue weighted by molar-refractivity contribution is 0.0531. The lowest BCUT2D eigenvalue weighted by Gasteiger charge is -1.99. The van der Waals surface area contributed by atoms with Crippen molar-refractivity contribution in [2.24, 2.45) is 0 Å². The number of amides is 1. The van der Waals surface area contributed by atoms with Gasteiger partial charge in [0.1, 0.15) is 9.75 Å². The van der Waals surface area contributed by atoms with E-state index >= 15 is 0 Å². The minimum absolute atomic E-state index is 0.216. The van der Waals surface area contributed by atoms with Gasteiger partial charge >= 0.3 is 5.97 Å². The second kappa shape index (κ2) is 5.90. The van der Waals surface area contributed by atoms with Crippen LogP contribution in [0.1, 0.15) is 31.8 Å². The summed E-state index contributed by atoms with van der Waals surface area (Å²) in [5.41, 5.74) is 0.791. The SMILES string of the molecule is CCOC(=O)c1sc(NC(=O)c2cn3ccnc3s2)cc1C. The molecule has 0 unspecified atom stereocenters. The molecule has 8 heteroatoms. The molecule has 114 valence electrons. The first kappa shape index (κ1) is 14.7. The Kier molecular flexibility index (Phi) is 3.95. The molecule has 0 aliphatic heterocycles. The average Bonchev–Trinajstić information content (AvgIpc) is 3.12. The summed E-state index contributed by atoms with van der Waals surface area (Å²) in [7, 11) is 0. The summed E-state index contributed by atoms with van der Waals surface area (Å²) in [6.07, 6.45) is 5.20. The van der Waals surface area contributed by atoms with Crippen LogP contribution in [0.25, 0.3) is 4.96 Å². The smallest absolute Gasteiger partial charge is 0.348 e. The van der Waals surface area contributed by atoms with Gasteiger partial charge in [-0.1, -0.05) is 11.3 Å². The van der Waals surface area contributed by atoms with E-state index in [0.29, 0.717) is 21.4 Å². The number of hydrogen-bond donors (Lipinski definition) is 1. The van der Waals surface area contributed by atoms with Crippen LogP contribution in [0, 0.1) is 6.92 Å². The van der Waals surface area contributed by atoms with Crippen molar-refractivity contribution >= 4 is 44.5 Å². The normalized spacial score (nSPS) is 10.8. The molecule has 0 radical (unpaired) electrons. The number of imidazole rings is 1. The Morgan fingerprint density at radius 3 is 2.95 bits per heavy atom. The molecular weight excluding hydrogens is 322 g/mol. The second-order valence-electron chi connectivity index (χ2n) is 4.51. The molecule has 3 heterocycles. The highest BCUT2D eigenvalue weighted by atomic mass is 32.1. The predicted octanol–water partition coefficient (Wildman–Crippen LogP) is 3.19. The molecule has 0 saturated carbocycles. The first-order valence-corrected chi connectivity index (χ1v) is 8.23. The van der Waals surface area contributed by atoms with Gasteiger partial charge < -0.3 is 10.1 Å². The number of esters is 1. The Bertz CT molecular complexity index is 818. The third-order valence-electron chi connectivity index (χ3n) is 2.93. The fraction of sp³-hybridized carbons (Fsp3) is 0.214. The molecule has 6 nitrogen and oxygen atoms in total. The minimum Gasteiger partial charge on any atom is -0.462 e. The van der Waals surface area contributed by atoms with Gasteiger partial charge in [-0.3, -0.25) is 9.20 Å². The monoisotopic (exact) mass is 335 g/mol. The van der Waals surface area contributed by atoms with E-state index in [1.54, 1.807) is 36.0 Å². The number of anilines is 1. The van der Waals surface area contributed by atoms with Crippen LogP contribution in [0.4, 0.5) is 5.00 Å². The van der Waals surface area contributed by atoms with E-state index in [0.717, 1.165) is 10.5 Å². The first-order chi connectivity index (χ1) is 10.6. The number of hydrogen-bond acceptors (Lipinski definition) is 6.